The molecule has 0 saturated carbocycles. The minimum Gasteiger partial charge on any atom is -0.392 e. The van der Waals surface area contributed by atoms with Gasteiger partial charge < -0.3 is 5.11 Å². The van der Waals surface area contributed by atoms with Crippen LogP contribution >= 0.6 is 11.3 Å². The number of hydrogen-bond acceptors (Lipinski definition) is 6. The van der Waals surface area contributed by atoms with E-state index in [0.717, 1.165) is 5.69 Å². The minimum atomic E-state index is -3.61. The maximum absolute atomic E-state index is 11.9. The Balaban J connectivity index is 1.97. The molecule has 0 saturated heterocycles. The lowest BCUT2D eigenvalue weighted by atomic mass is 10.3. The third-order valence-corrected chi connectivity index (χ3v) is 4.42. The normalized spacial score (nSPS) is 11.6. The highest BCUT2D eigenvalue weighted by atomic mass is 32.2. The Morgan fingerprint density at radius 3 is 2.74 bits per heavy atom. The van der Waals surface area contributed by atoms with Crippen LogP contribution in [0.15, 0.2) is 34.2 Å². The Bertz CT molecular complexity index is 609. The summed E-state index contributed by atoms with van der Waals surface area (Å²) in [6, 6.07) is 2.90. The van der Waals surface area contributed by atoms with Crippen molar-refractivity contribution >= 4 is 21.4 Å². The van der Waals surface area contributed by atoms with Gasteiger partial charge in [0.1, 0.15) is 0 Å². The van der Waals surface area contributed by atoms with E-state index >= 15 is 0 Å². The zero-order valence-corrected chi connectivity index (χ0v) is 11.6. The lowest BCUT2D eigenvalue weighted by Crippen LogP contribution is -2.26. The van der Waals surface area contributed by atoms with Crippen LogP contribution in [0.2, 0.25) is 0 Å². The molecule has 0 aliphatic rings. The van der Waals surface area contributed by atoms with Crippen LogP contribution in [0.25, 0.3) is 0 Å². The summed E-state index contributed by atoms with van der Waals surface area (Å²) in [5, 5.41) is 10.7. The Labute approximate surface area is 115 Å². The van der Waals surface area contributed by atoms with Gasteiger partial charge in [-0.1, -0.05) is 6.07 Å². The molecule has 2 aromatic rings. The highest BCUT2D eigenvalue weighted by Gasteiger charge is 2.14. The molecule has 19 heavy (non-hydrogen) atoms. The Hall–Kier alpha value is -1.35. The summed E-state index contributed by atoms with van der Waals surface area (Å²) < 4.78 is 26.3. The van der Waals surface area contributed by atoms with Crippen LogP contribution in [-0.2, 0) is 23.1 Å². The first-order chi connectivity index (χ1) is 9.12. The van der Waals surface area contributed by atoms with Crippen LogP contribution < -0.4 is 4.72 Å². The van der Waals surface area contributed by atoms with Crippen molar-refractivity contribution < 1.29 is 13.5 Å². The summed E-state index contributed by atoms with van der Waals surface area (Å²) in [5.74, 6) is 0. The molecule has 0 amide bonds. The van der Waals surface area contributed by atoms with E-state index in [2.05, 4.69) is 14.7 Å². The average Bonchev–Trinajstić information content (AvgIpc) is 2.92. The molecule has 102 valence electrons. The van der Waals surface area contributed by atoms with Gasteiger partial charge in [0.05, 0.1) is 17.8 Å². The van der Waals surface area contributed by atoms with Crippen LogP contribution in [0, 0.1) is 0 Å². The van der Waals surface area contributed by atoms with E-state index < -0.39 is 10.0 Å². The molecule has 0 aromatic carbocycles. The predicted molar refractivity (Wildman–Crippen MR) is 71.2 cm³/mol. The van der Waals surface area contributed by atoms with Crippen molar-refractivity contribution in [1.29, 1.82) is 0 Å². The highest BCUT2D eigenvalue weighted by molar-refractivity contribution is 7.89. The zero-order valence-electron chi connectivity index (χ0n) is 9.98. The molecule has 8 heteroatoms. The first-order valence-electron chi connectivity index (χ1n) is 5.54. The molecule has 0 unspecified atom stereocenters. The van der Waals surface area contributed by atoms with E-state index in [1.54, 1.807) is 5.51 Å². The van der Waals surface area contributed by atoms with Crippen molar-refractivity contribution in [3.05, 3.63) is 40.5 Å². The first kappa shape index (κ1) is 14.1. The van der Waals surface area contributed by atoms with E-state index in [9.17, 15) is 8.42 Å². The maximum Gasteiger partial charge on any atom is 0.258 e. The SMILES string of the molecule is O=S(=O)(NCCc1cscn1)c1ccc(CO)cn1. The van der Waals surface area contributed by atoms with Crippen molar-refractivity contribution in [3.8, 4) is 0 Å². The fourth-order valence-corrected chi connectivity index (χ4v) is 2.96. The van der Waals surface area contributed by atoms with Gasteiger partial charge >= 0.3 is 0 Å². The fourth-order valence-electron chi connectivity index (χ4n) is 1.41. The molecule has 0 fully saturated rings. The number of hydrogen-bond donors (Lipinski definition) is 2. The third-order valence-electron chi connectivity index (χ3n) is 2.41. The monoisotopic (exact) mass is 299 g/mol. The number of pyridine rings is 1. The van der Waals surface area contributed by atoms with Gasteiger partial charge in [-0.05, 0) is 11.6 Å². The second-order valence-corrected chi connectivity index (χ2v) is 6.22. The summed E-state index contributed by atoms with van der Waals surface area (Å²) in [6.45, 7) is 0.111. The van der Waals surface area contributed by atoms with E-state index in [4.69, 9.17) is 5.11 Å². The maximum atomic E-state index is 11.9. The van der Waals surface area contributed by atoms with Crippen LogP contribution in [0.3, 0.4) is 0 Å². The first-order valence-corrected chi connectivity index (χ1v) is 7.97. The molecule has 0 bridgehead atoms. The number of aliphatic hydroxyl groups excluding tert-OH is 1. The summed E-state index contributed by atoms with van der Waals surface area (Å²) in [7, 11) is -3.61. The zero-order chi connectivity index (χ0) is 13.7. The number of aliphatic hydroxyl groups is 1. The van der Waals surface area contributed by atoms with Crippen molar-refractivity contribution in [1.82, 2.24) is 14.7 Å². The van der Waals surface area contributed by atoms with E-state index in [0.29, 0.717) is 12.0 Å². The summed E-state index contributed by atoms with van der Waals surface area (Å²) >= 11 is 1.47. The molecule has 0 aliphatic heterocycles. The fraction of sp³-hybridized carbons (Fsp3) is 0.273. The van der Waals surface area contributed by atoms with Crippen LogP contribution in [0.4, 0.5) is 0 Å². The largest absolute Gasteiger partial charge is 0.392 e. The van der Waals surface area contributed by atoms with Gasteiger partial charge in [-0.2, -0.15) is 0 Å². The van der Waals surface area contributed by atoms with Crippen molar-refractivity contribution in [2.75, 3.05) is 6.54 Å². The van der Waals surface area contributed by atoms with Crippen molar-refractivity contribution in [3.63, 3.8) is 0 Å². The second-order valence-electron chi connectivity index (χ2n) is 3.79. The molecule has 0 spiro atoms. The molecular formula is C11H13N3O3S2. The van der Waals surface area contributed by atoms with E-state index in [1.807, 2.05) is 5.38 Å². The van der Waals surface area contributed by atoms with Gasteiger partial charge in [0.15, 0.2) is 5.03 Å². The van der Waals surface area contributed by atoms with Gasteiger partial charge in [0.2, 0.25) is 0 Å². The molecule has 0 atom stereocenters. The van der Waals surface area contributed by atoms with Crippen LogP contribution in [-0.4, -0.2) is 30.0 Å². The molecule has 2 N–H and O–H groups in total. The molecule has 2 heterocycles. The van der Waals surface area contributed by atoms with Crippen molar-refractivity contribution in [2.45, 2.75) is 18.1 Å². The topological polar surface area (TPSA) is 92.2 Å². The Morgan fingerprint density at radius 2 is 2.16 bits per heavy atom. The van der Waals surface area contributed by atoms with Gasteiger partial charge in [-0.15, -0.1) is 11.3 Å². The Morgan fingerprint density at radius 1 is 1.32 bits per heavy atom. The second kappa shape index (κ2) is 6.20. The average molecular weight is 299 g/mol. The number of sulfonamides is 1. The number of nitrogens with zero attached hydrogens (tertiary/aromatic N) is 2. The molecule has 2 rings (SSSR count). The summed E-state index contributed by atoms with van der Waals surface area (Å²) in [4.78, 5) is 7.88. The van der Waals surface area contributed by atoms with E-state index in [-0.39, 0.29) is 18.2 Å². The third kappa shape index (κ3) is 3.80. The van der Waals surface area contributed by atoms with Gasteiger partial charge in [0.25, 0.3) is 10.0 Å². The number of aromatic nitrogens is 2. The van der Waals surface area contributed by atoms with Crippen LogP contribution in [0.1, 0.15) is 11.3 Å². The van der Waals surface area contributed by atoms with Gasteiger partial charge in [0, 0.05) is 24.5 Å². The number of rotatable bonds is 6. The van der Waals surface area contributed by atoms with Crippen molar-refractivity contribution in [2.24, 2.45) is 0 Å². The molecule has 2 aromatic heterocycles. The van der Waals surface area contributed by atoms with Gasteiger partial charge in [-0.3, -0.25) is 0 Å². The highest BCUT2D eigenvalue weighted by Crippen LogP contribution is 2.07. The molecule has 0 radical (unpaired) electrons. The predicted octanol–water partition coefficient (Wildman–Crippen LogP) is 0.551. The lowest BCUT2D eigenvalue weighted by Gasteiger charge is -2.05. The van der Waals surface area contributed by atoms with Crippen LogP contribution in [0.5, 0.6) is 0 Å². The molecular weight excluding hydrogens is 286 g/mol. The molecule has 6 nitrogen and oxygen atoms in total. The smallest absolute Gasteiger partial charge is 0.258 e. The quantitative estimate of drug-likeness (QED) is 0.812. The minimum absolute atomic E-state index is 0.0528. The van der Waals surface area contributed by atoms with E-state index in [1.165, 1.54) is 29.7 Å². The van der Waals surface area contributed by atoms with Gasteiger partial charge in [-0.25, -0.2) is 23.1 Å². The lowest BCUT2D eigenvalue weighted by molar-refractivity contribution is 0.281. The number of nitrogens with one attached hydrogen (secondary N) is 1. The molecule has 0 aliphatic carbocycles. The Kier molecular flexibility index (Phi) is 4.59. The standard InChI is InChI=1S/C11H13N3O3S2/c15-6-9-1-2-11(12-5-9)19(16,17)14-4-3-10-7-18-8-13-10/h1-2,5,7-8,14-15H,3-4,6H2. The summed E-state index contributed by atoms with van der Waals surface area (Å²) in [6.07, 6.45) is 1.88. The number of thiazole rings is 1. The summed E-state index contributed by atoms with van der Waals surface area (Å²) in [5.41, 5.74) is 3.14.